The summed E-state index contributed by atoms with van der Waals surface area (Å²) in [4.78, 5) is 21.4. The van der Waals surface area contributed by atoms with E-state index >= 15 is 0 Å². The monoisotopic (exact) mass is 185 g/mol. The SMILES string of the molecule is CCOC(=O)/C=C/[C@H]1COC(=O)N1. The third-order valence-corrected chi connectivity index (χ3v) is 1.45. The van der Waals surface area contributed by atoms with Crippen LogP contribution in [0.4, 0.5) is 4.79 Å². The van der Waals surface area contributed by atoms with Gasteiger partial charge in [-0.15, -0.1) is 0 Å². The van der Waals surface area contributed by atoms with E-state index in [-0.39, 0.29) is 12.6 Å². The number of hydrogen-bond acceptors (Lipinski definition) is 4. The number of nitrogens with one attached hydrogen (secondary N) is 1. The standard InChI is InChI=1S/C8H11NO4/c1-2-12-7(10)4-3-6-5-13-8(11)9-6/h3-4,6H,2,5H2,1H3,(H,9,11)/b4-3+/t6-/m0/s1. The van der Waals surface area contributed by atoms with Gasteiger partial charge in [-0.2, -0.15) is 0 Å². The van der Waals surface area contributed by atoms with Gasteiger partial charge in [-0.3, -0.25) is 0 Å². The molecule has 1 N–H and O–H groups in total. The van der Waals surface area contributed by atoms with E-state index in [2.05, 4.69) is 14.8 Å². The molecule has 0 unspecified atom stereocenters. The Hall–Kier alpha value is -1.52. The number of cyclic esters (lactones) is 1. The highest BCUT2D eigenvalue weighted by atomic mass is 16.6. The van der Waals surface area contributed by atoms with Gasteiger partial charge in [-0.05, 0) is 6.92 Å². The van der Waals surface area contributed by atoms with E-state index in [9.17, 15) is 9.59 Å². The highest BCUT2D eigenvalue weighted by molar-refractivity contribution is 5.82. The molecule has 1 saturated heterocycles. The van der Waals surface area contributed by atoms with Gasteiger partial charge >= 0.3 is 12.1 Å². The molecule has 13 heavy (non-hydrogen) atoms. The Morgan fingerprint density at radius 3 is 3.15 bits per heavy atom. The fraction of sp³-hybridized carbons (Fsp3) is 0.500. The quantitative estimate of drug-likeness (QED) is 0.504. The minimum absolute atomic E-state index is 0.225. The molecule has 0 aromatic carbocycles. The lowest BCUT2D eigenvalue weighted by Crippen LogP contribution is -2.23. The molecule has 0 aromatic heterocycles. The molecule has 1 aliphatic heterocycles. The number of carbonyl (C=O) groups is 2. The first-order valence-corrected chi connectivity index (χ1v) is 4.00. The topological polar surface area (TPSA) is 64.6 Å². The molecule has 5 nitrogen and oxygen atoms in total. The summed E-state index contributed by atoms with van der Waals surface area (Å²) in [6.07, 6.45) is 2.37. The van der Waals surface area contributed by atoms with Crippen LogP contribution in [0.1, 0.15) is 6.92 Å². The molecule has 0 spiro atoms. The van der Waals surface area contributed by atoms with Crippen LogP contribution >= 0.6 is 0 Å². The summed E-state index contributed by atoms with van der Waals surface area (Å²) < 4.78 is 9.25. The highest BCUT2D eigenvalue weighted by Crippen LogP contribution is 1.98. The number of esters is 1. The molecular weight excluding hydrogens is 174 g/mol. The maximum atomic E-state index is 10.8. The normalized spacial score (nSPS) is 21.3. The fourth-order valence-corrected chi connectivity index (χ4v) is 0.889. The van der Waals surface area contributed by atoms with E-state index in [0.29, 0.717) is 6.61 Å². The molecule has 1 fully saturated rings. The first kappa shape index (κ1) is 9.57. The van der Waals surface area contributed by atoms with Crippen molar-refractivity contribution >= 4 is 12.1 Å². The molecular formula is C8H11NO4. The van der Waals surface area contributed by atoms with Crippen molar-refractivity contribution in [3.05, 3.63) is 12.2 Å². The van der Waals surface area contributed by atoms with Crippen LogP contribution in [0.5, 0.6) is 0 Å². The summed E-state index contributed by atoms with van der Waals surface area (Å²) in [5, 5.41) is 2.50. The summed E-state index contributed by atoms with van der Waals surface area (Å²) in [5.74, 6) is -0.413. The Morgan fingerprint density at radius 2 is 2.62 bits per heavy atom. The van der Waals surface area contributed by atoms with E-state index in [1.165, 1.54) is 6.08 Å². The lowest BCUT2D eigenvalue weighted by atomic mass is 10.3. The maximum absolute atomic E-state index is 10.8. The van der Waals surface area contributed by atoms with Crippen LogP contribution in [0, 0.1) is 0 Å². The predicted molar refractivity (Wildman–Crippen MR) is 44.0 cm³/mol. The zero-order valence-corrected chi connectivity index (χ0v) is 7.28. The van der Waals surface area contributed by atoms with Crippen LogP contribution in [-0.4, -0.2) is 31.3 Å². The first-order valence-electron chi connectivity index (χ1n) is 4.00. The van der Waals surface area contributed by atoms with Gasteiger partial charge in [0.1, 0.15) is 6.61 Å². The molecule has 5 heteroatoms. The zero-order valence-electron chi connectivity index (χ0n) is 7.28. The molecule has 0 aromatic rings. The van der Waals surface area contributed by atoms with Gasteiger partial charge in [0.25, 0.3) is 0 Å². The maximum Gasteiger partial charge on any atom is 0.407 e. The average Bonchev–Trinajstić information content (AvgIpc) is 2.49. The lowest BCUT2D eigenvalue weighted by Gasteiger charge is -1.98. The molecule has 1 heterocycles. The smallest absolute Gasteiger partial charge is 0.407 e. The number of ether oxygens (including phenoxy) is 2. The predicted octanol–water partition coefficient (Wildman–Crippen LogP) is 0.214. The van der Waals surface area contributed by atoms with Crippen molar-refractivity contribution in [1.29, 1.82) is 0 Å². The number of amides is 1. The van der Waals surface area contributed by atoms with Crippen LogP contribution in [0.2, 0.25) is 0 Å². The molecule has 1 amide bonds. The molecule has 0 aliphatic carbocycles. The number of hydrogen-bond donors (Lipinski definition) is 1. The van der Waals surface area contributed by atoms with E-state index in [0.717, 1.165) is 0 Å². The van der Waals surface area contributed by atoms with Crippen LogP contribution in [0.3, 0.4) is 0 Å². The van der Waals surface area contributed by atoms with Crippen molar-refractivity contribution in [2.24, 2.45) is 0 Å². The number of alkyl carbamates (subject to hydrolysis) is 1. The Labute approximate surface area is 75.7 Å². The van der Waals surface area contributed by atoms with Crippen molar-refractivity contribution in [2.45, 2.75) is 13.0 Å². The average molecular weight is 185 g/mol. The second-order valence-electron chi connectivity index (χ2n) is 2.46. The molecule has 0 saturated carbocycles. The van der Waals surface area contributed by atoms with Gasteiger partial charge in [0.05, 0.1) is 12.6 Å². The number of rotatable bonds is 3. The Morgan fingerprint density at radius 1 is 1.85 bits per heavy atom. The molecule has 0 bridgehead atoms. The summed E-state index contributed by atoms with van der Waals surface area (Å²) in [6, 6.07) is -0.225. The number of carbonyl (C=O) groups excluding carboxylic acids is 2. The van der Waals surface area contributed by atoms with E-state index in [1.807, 2.05) is 0 Å². The van der Waals surface area contributed by atoms with Crippen molar-refractivity contribution in [2.75, 3.05) is 13.2 Å². The molecule has 1 atom stereocenters. The van der Waals surface area contributed by atoms with Crippen LogP contribution < -0.4 is 5.32 Å². The van der Waals surface area contributed by atoms with Crippen molar-refractivity contribution in [3.63, 3.8) is 0 Å². The molecule has 1 rings (SSSR count). The van der Waals surface area contributed by atoms with Gasteiger partial charge < -0.3 is 14.8 Å². The minimum atomic E-state index is -0.460. The van der Waals surface area contributed by atoms with Crippen LogP contribution in [0.15, 0.2) is 12.2 Å². The van der Waals surface area contributed by atoms with E-state index in [4.69, 9.17) is 0 Å². The van der Waals surface area contributed by atoms with Gasteiger partial charge in [-0.25, -0.2) is 9.59 Å². The Balaban J connectivity index is 2.31. The third kappa shape index (κ3) is 3.14. The first-order chi connectivity index (χ1) is 6.22. The van der Waals surface area contributed by atoms with Crippen LogP contribution in [-0.2, 0) is 14.3 Å². The summed E-state index contributed by atoms with van der Waals surface area (Å²) in [6.45, 7) is 2.33. The lowest BCUT2D eigenvalue weighted by molar-refractivity contribution is -0.137. The largest absolute Gasteiger partial charge is 0.463 e. The van der Waals surface area contributed by atoms with Gasteiger partial charge in [0.15, 0.2) is 0 Å². The molecule has 1 aliphatic rings. The summed E-state index contributed by atoms with van der Waals surface area (Å²) >= 11 is 0. The van der Waals surface area contributed by atoms with E-state index in [1.54, 1.807) is 13.0 Å². The van der Waals surface area contributed by atoms with Gasteiger partial charge in [0, 0.05) is 6.08 Å². The highest BCUT2D eigenvalue weighted by Gasteiger charge is 2.19. The van der Waals surface area contributed by atoms with Crippen molar-refractivity contribution < 1.29 is 19.1 Å². The van der Waals surface area contributed by atoms with Crippen molar-refractivity contribution in [3.8, 4) is 0 Å². The summed E-state index contributed by atoms with van der Waals surface area (Å²) in [5.41, 5.74) is 0. The zero-order chi connectivity index (χ0) is 9.68. The van der Waals surface area contributed by atoms with Gasteiger partial charge in [-0.1, -0.05) is 6.08 Å². The van der Waals surface area contributed by atoms with Gasteiger partial charge in [0.2, 0.25) is 0 Å². The third-order valence-electron chi connectivity index (χ3n) is 1.45. The second kappa shape index (κ2) is 4.49. The van der Waals surface area contributed by atoms with Crippen LogP contribution in [0.25, 0.3) is 0 Å². The Kier molecular flexibility index (Phi) is 3.31. The van der Waals surface area contributed by atoms with E-state index < -0.39 is 12.1 Å². The Bertz CT molecular complexity index is 236. The fourth-order valence-electron chi connectivity index (χ4n) is 0.889. The van der Waals surface area contributed by atoms with Crippen molar-refractivity contribution in [1.82, 2.24) is 5.32 Å². The minimum Gasteiger partial charge on any atom is -0.463 e. The summed E-state index contributed by atoms with van der Waals surface area (Å²) in [7, 11) is 0. The second-order valence-corrected chi connectivity index (χ2v) is 2.46. The molecule has 0 radical (unpaired) electrons. The molecule has 72 valence electrons.